The average Bonchev–Trinajstić information content (AvgIpc) is 2.76. The van der Waals surface area contributed by atoms with Gasteiger partial charge < -0.3 is 9.36 Å². The van der Waals surface area contributed by atoms with Crippen molar-refractivity contribution in [3.05, 3.63) is 30.1 Å². The van der Waals surface area contributed by atoms with Gasteiger partial charge in [-0.1, -0.05) is 18.6 Å². The Kier molecular flexibility index (Phi) is 8.13. The van der Waals surface area contributed by atoms with Crippen molar-refractivity contribution in [3.8, 4) is 0 Å². The van der Waals surface area contributed by atoms with Gasteiger partial charge in [-0.15, -0.1) is 8.58 Å². The number of nitrogens with zero attached hydrogens (tertiary/aromatic N) is 2. The van der Waals surface area contributed by atoms with Gasteiger partial charge in [-0.25, -0.2) is 4.98 Å². The Labute approximate surface area is 123 Å². The van der Waals surface area contributed by atoms with Crippen LogP contribution in [0.15, 0.2) is 24.3 Å². The molecule has 2 aromatic rings. The van der Waals surface area contributed by atoms with Gasteiger partial charge in [0, 0.05) is 13.0 Å². The molecule has 0 saturated carbocycles. The number of hydrogen-bond donors (Lipinski definition) is 0. The van der Waals surface area contributed by atoms with Crippen molar-refractivity contribution in [1.82, 2.24) is 9.55 Å². The van der Waals surface area contributed by atoms with E-state index in [1.54, 1.807) is 0 Å². The summed E-state index contributed by atoms with van der Waals surface area (Å²) in [5.74, 6) is 1.07. The number of hydrogen-bond acceptors (Lipinski definition) is 2. The smallest absolute Gasteiger partial charge is 0.119 e. The van der Waals surface area contributed by atoms with Crippen LogP contribution in [0.5, 0.6) is 0 Å². The minimum Gasteiger partial charge on any atom is -0.328 e. The second-order valence-electron chi connectivity index (χ2n) is 4.82. The molecule has 2 rings (SSSR count). The first-order valence-corrected chi connectivity index (χ1v) is 9.18. The van der Waals surface area contributed by atoms with E-state index < -0.39 is 0 Å². The van der Waals surface area contributed by atoms with Gasteiger partial charge in [-0.05, 0) is 45.2 Å². The van der Waals surface area contributed by atoms with Crippen LogP contribution in [0.1, 0.15) is 31.5 Å². The van der Waals surface area contributed by atoms with Gasteiger partial charge in [0.2, 0.25) is 0 Å². The molecule has 0 bridgehead atoms. The van der Waals surface area contributed by atoms with Crippen LogP contribution in [0.25, 0.3) is 11.0 Å². The lowest BCUT2D eigenvalue weighted by Crippen LogP contribution is -2.00. The molecule has 110 valence electrons. The molecular weight excluding hydrogens is 267 g/mol. The molecule has 0 fully saturated rings. The van der Waals surface area contributed by atoms with E-state index in [2.05, 4.69) is 28.9 Å². The minimum atomic E-state index is 0.684. The van der Waals surface area contributed by atoms with Crippen LogP contribution >= 0.6 is 8.58 Å². The average molecular weight is 292 g/mol. The van der Waals surface area contributed by atoms with Gasteiger partial charge >= 0.3 is 0 Å². The van der Waals surface area contributed by atoms with Crippen LogP contribution in [-0.2, 0) is 11.3 Å². The fourth-order valence-corrected chi connectivity index (χ4v) is 2.15. The van der Waals surface area contributed by atoms with Crippen molar-refractivity contribution in [2.45, 2.75) is 39.2 Å². The summed E-state index contributed by atoms with van der Waals surface area (Å²) in [7, 11) is 1.08. The van der Waals surface area contributed by atoms with Crippen molar-refractivity contribution < 1.29 is 4.79 Å². The molecule has 1 aromatic carbocycles. The Morgan fingerprint density at radius 3 is 2.60 bits per heavy atom. The maximum Gasteiger partial charge on any atom is 0.119 e. The Hall–Kier alpha value is -1.21. The lowest BCUT2D eigenvalue weighted by atomic mass is 10.2. The quantitative estimate of drug-likeness (QED) is 0.458. The molecule has 1 heterocycles. The third kappa shape index (κ3) is 5.05. The number of unbranched alkanes of at least 4 members (excludes halogenated alkanes) is 3. The molecule has 0 amide bonds. The van der Waals surface area contributed by atoms with Crippen LogP contribution in [0.2, 0.25) is 0 Å². The molecule has 4 heteroatoms. The van der Waals surface area contributed by atoms with Crippen molar-refractivity contribution in [3.63, 3.8) is 0 Å². The highest BCUT2D eigenvalue weighted by molar-refractivity contribution is 7.35. The fourth-order valence-electron chi connectivity index (χ4n) is 2.15. The van der Waals surface area contributed by atoms with E-state index >= 15 is 0 Å². The SMILES string of the molecule is CPC.Cc1nc2ccccc2n1CCCCCC=O. The Balaban J connectivity index is 0.000000612. The van der Waals surface area contributed by atoms with Crippen molar-refractivity contribution in [2.75, 3.05) is 13.3 Å². The Morgan fingerprint density at radius 1 is 1.20 bits per heavy atom. The monoisotopic (exact) mass is 292 g/mol. The number of carbonyl (C=O) groups is 1. The second-order valence-corrected chi connectivity index (χ2v) is 5.82. The minimum absolute atomic E-state index is 0.684. The van der Waals surface area contributed by atoms with Crippen LogP contribution in [0.3, 0.4) is 0 Å². The fraction of sp³-hybridized carbons (Fsp3) is 0.500. The van der Waals surface area contributed by atoms with E-state index in [4.69, 9.17) is 0 Å². The van der Waals surface area contributed by atoms with E-state index in [1.165, 1.54) is 5.52 Å². The molecule has 0 aliphatic carbocycles. The number of aryl methyl sites for hydroxylation is 2. The summed E-state index contributed by atoms with van der Waals surface area (Å²) in [4.78, 5) is 14.7. The molecule has 0 radical (unpaired) electrons. The normalized spacial score (nSPS) is 10.2. The number of benzene rings is 1. The molecule has 20 heavy (non-hydrogen) atoms. The third-order valence-corrected chi connectivity index (χ3v) is 3.05. The Morgan fingerprint density at radius 2 is 1.90 bits per heavy atom. The first kappa shape index (κ1) is 16.8. The molecule has 0 spiro atoms. The zero-order valence-corrected chi connectivity index (χ0v) is 13.7. The number of carbonyl (C=O) groups excluding carboxylic acids is 1. The standard InChI is InChI=1S/C14H18N2O.C2H7P/c1-12-15-13-8-4-5-9-14(13)16(12)10-6-2-3-7-11-17;1-3-2/h4-5,8-9,11H,2-3,6-7,10H2,1H3;3H,1-2H3. The molecule has 0 aliphatic heterocycles. The predicted molar refractivity (Wildman–Crippen MR) is 89.2 cm³/mol. The molecule has 0 N–H and O–H groups in total. The predicted octanol–water partition coefficient (Wildman–Crippen LogP) is 4.03. The summed E-state index contributed by atoms with van der Waals surface area (Å²) < 4.78 is 2.26. The molecule has 1 aromatic heterocycles. The highest BCUT2D eigenvalue weighted by atomic mass is 31.1. The second kappa shape index (κ2) is 9.66. The number of aromatic nitrogens is 2. The van der Waals surface area contributed by atoms with Crippen molar-refractivity contribution in [1.29, 1.82) is 0 Å². The topological polar surface area (TPSA) is 34.9 Å². The lowest BCUT2D eigenvalue weighted by Gasteiger charge is -2.05. The van der Waals surface area contributed by atoms with Crippen molar-refractivity contribution >= 4 is 25.9 Å². The van der Waals surface area contributed by atoms with Gasteiger partial charge in [-0.3, -0.25) is 0 Å². The van der Waals surface area contributed by atoms with E-state index in [-0.39, 0.29) is 0 Å². The lowest BCUT2D eigenvalue weighted by molar-refractivity contribution is -0.107. The highest BCUT2D eigenvalue weighted by Crippen LogP contribution is 2.16. The zero-order valence-electron chi connectivity index (χ0n) is 12.7. The Bertz CT molecular complexity index is 522. The maximum absolute atomic E-state index is 10.2. The summed E-state index contributed by atoms with van der Waals surface area (Å²) in [6.07, 6.45) is 4.89. The first-order valence-electron chi connectivity index (χ1n) is 7.18. The summed E-state index contributed by atoms with van der Waals surface area (Å²) in [6.45, 7) is 7.34. The summed E-state index contributed by atoms with van der Waals surface area (Å²) in [6, 6.07) is 8.22. The van der Waals surface area contributed by atoms with E-state index in [9.17, 15) is 4.79 Å². The van der Waals surface area contributed by atoms with Gasteiger partial charge in [-0.2, -0.15) is 0 Å². The van der Waals surface area contributed by atoms with E-state index in [0.29, 0.717) is 6.42 Å². The zero-order chi connectivity index (χ0) is 14.8. The highest BCUT2D eigenvalue weighted by Gasteiger charge is 2.05. The first-order chi connectivity index (χ1) is 9.74. The molecule has 0 unspecified atom stereocenters. The van der Waals surface area contributed by atoms with Crippen LogP contribution < -0.4 is 0 Å². The molecule has 0 atom stereocenters. The van der Waals surface area contributed by atoms with Crippen molar-refractivity contribution in [2.24, 2.45) is 0 Å². The van der Waals surface area contributed by atoms with Gasteiger partial charge in [0.05, 0.1) is 11.0 Å². The maximum atomic E-state index is 10.2. The van der Waals surface area contributed by atoms with E-state index in [0.717, 1.165) is 52.0 Å². The van der Waals surface area contributed by atoms with Gasteiger partial charge in [0.15, 0.2) is 0 Å². The molecule has 0 aliphatic rings. The number of rotatable bonds is 6. The molecule has 3 nitrogen and oxygen atoms in total. The van der Waals surface area contributed by atoms with Crippen LogP contribution in [0.4, 0.5) is 0 Å². The van der Waals surface area contributed by atoms with Gasteiger partial charge in [0.1, 0.15) is 12.1 Å². The number of imidazole rings is 1. The molecular formula is C16H25N2OP. The van der Waals surface area contributed by atoms with Crippen LogP contribution in [-0.4, -0.2) is 29.2 Å². The summed E-state index contributed by atoms with van der Waals surface area (Å²) in [5.41, 5.74) is 2.28. The van der Waals surface area contributed by atoms with Gasteiger partial charge in [0.25, 0.3) is 0 Å². The third-order valence-electron chi connectivity index (χ3n) is 3.05. The number of para-hydroxylation sites is 2. The summed E-state index contributed by atoms with van der Waals surface area (Å²) in [5, 5.41) is 0. The largest absolute Gasteiger partial charge is 0.328 e. The number of aldehydes is 1. The van der Waals surface area contributed by atoms with E-state index in [1.807, 2.05) is 25.1 Å². The summed E-state index contributed by atoms with van der Waals surface area (Å²) >= 11 is 0. The molecule has 0 saturated heterocycles. The number of fused-ring (bicyclic) bond motifs is 1. The van der Waals surface area contributed by atoms with Crippen LogP contribution in [0, 0.1) is 6.92 Å².